The van der Waals surface area contributed by atoms with Gasteiger partial charge in [0, 0.05) is 6.08 Å². The molecular weight excluding hydrogens is 136 g/mol. The molecule has 0 rings (SSSR count). The van der Waals surface area contributed by atoms with Crippen molar-refractivity contribution < 1.29 is 14.3 Å². The highest BCUT2D eigenvalue weighted by atomic mass is 16.5. The molecule has 4 N–H and O–H groups in total. The number of rotatable bonds is 2. The van der Waals surface area contributed by atoms with Crippen molar-refractivity contribution in [3.8, 4) is 0 Å². The number of primary amides is 2. The molecule has 0 aliphatic rings. The summed E-state index contributed by atoms with van der Waals surface area (Å²) in [6.07, 6.45) is 0.0000926. The van der Waals surface area contributed by atoms with Crippen LogP contribution in [0.15, 0.2) is 11.8 Å². The van der Waals surface area contributed by atoms with Crippen LogP contribution in [-0.4, -0.2) is 12.0 Å². The second-order valence-electron chi connectivity index (χ2n) is 1.58. The number of carbonyl (C=O) groups excluding carboxylic acids is 2. The minimum absolute atomic E-state index is 0.0833. The van der Waals surface area contributed by atoms with Gasteiger partial charge >= 0.3 is 6.09 Å². The second kappa shape index (κ2) is 3.49. The SMILES string of the molecule is C/C(=C/C(N)=O)OC(N)=O. The summed E-state index contributed by atoms with van der Waals surface area (Å²) in [5, 5.41) is 0. The molecule has 0 spiro atoms. The Bertz CT molecular complexity index is 185. The predicted molar refractivity (Wildman–Crippen MR) is 33.6 cm³/mol. The van der Waals surface area contributed by atoms with E-state index in [1.807, 2.05) is 0 Å². The fraction of sp³-hybridized carbons (Fsp3) is 0.200. The summed E-state index contributed by atoms with van der Waals surface area (Å²) < 4.78 is 4.26. The van der Waals surface area contributed by atoms with Gasteiger partial charge in [0.2, 0.25) is 5.91 Å². The number of ether oxygens (including phenoxy) is 1. The molecule has 0 bridgehead atoms. The van der Waals surface area contributed by atoms with Crippen LogP contribution in [0.25, 0.3) is 0 Å². The Morgan fingerprint density at radius 2 is 1.90 bits per heavy atom. The van der Waals surface area contributed by atoms with Gasteiger partial charge in [-0.25, -0.2) is 4.79 Å². The molecule has 0 aromatic carbocycles. The van der Waals surface area contributed by atoms with E-state index in [9.17, 15) is 9.59 Å². The normalized spacial score (nSPS) is 10.7. The van der Waals surface area contributed by atoms with Crippen molar-refractivity contribution in [1.29, 1.82) is 0 Å². The number of carbonyl (C=O) groups is 2. The predicted octanol–water partition coefficient (Wildman–Crippen LogP) is -0.529. The van der Waals surface area contributed by atoms with E-state index >= 15 is 0 Å². The highest BCUT2D eigenvalue weighted by molar-refractivity contribution is 5.86. The number of hydrogen-bond donors (Lipinski definition) is 2. The van der Waals surface area contributed by atoms with E-state index in [1.165, 1.54) is 6.92 Å². The van der Waals surface area contributed by atoms with Gasteiger partial charge < -0.3 is 16.2 Å². The molecule has 0 radical (unpaired) electrons. The monoisotopic (exact) mass is 144 g/mol. The highest BCUT2D eigenvalue weighted by Gasteiger charge is 1.96. The molecule has 0 saturated carbocycles. The largest absolute Gasteiger partial charge is 0.415 e. The first-order valence-corrected chi connectivity index (χ1v) is 2.47. The fourth-order valence-electron chi connectivity index (χ4n) is 0.388. The molecular formula is C5H8N2O3. The zero-order chi connectivity index (χ0) is 8.15. The topological polar surface area (TPSA) is 95.4 Å². The Morgan fingerprint density at radius 3 is 2.20 bits per heavy atom. The molecule has 5 nitrogen and oxygen atoms in total. The van der Waals surface area contributed by atoms with E-state index in [-0.39, 0.29) is 5.76 Å². The lowest BCUT2D eigenvalue weighted by Gasteiger charge is -1.96. The molecule has 0 aromatic heterocycles. The molecule has 0 heterocycles. The summed E-state index contributed by atoms with van der Waals surface area (Å²) in [5.74, 6) is -0.598. The van der Waals surface area contributed by atoms with Crippen LogP contribution in [0, 0.1) is 0 Å². The Hall–Kier alpha value is -1.52. The average molecular weight is 144 g/mol. The van der Waals surface area contributed by atoms with E-state index in [2.05, 4.69) is 10.5 Å². The zero-order valence-corrected chi connectivity index (χ0v) is 5.46. The molecule has 2 amide bonds. The zero-order valence-electron chi connectivity index (χ0n) is 5.46. The Morgan fingerprint density at radius 1 is 1.40 bits per heavy atom. The van der Waals surface area contributed by atoms with Crippen molar-refractivity contribution >= 4 is 12.0 Å². The van der Waals surface area contributed by atoms with Gasteiger partial charge in [0.1, 0.15) is 5.76 Å². The fourth-order valence-corrected chi connectivity index (χ4v) is 0.388. The van der Waals surface area contributed by atoms with E-state index in [0.717, 1.165) is 6.08 Å². The summed E-state index contributed by atoms with van der Waals surface area (Å²) in [6, 6.07) is 0. The maximum absolute atomic E-state index is 10.1. The smallest absolute Gasteiger partial charge is 0.409 e. The molecule has 0 aliphatic heterocycles. The maximum Gasteiger partial charge on any atom is 0.409 e. The standard InChI is InChI=1S/C5H8N2O3/c1-3(2-4(6)8)10-5(7)9/h2H,1H3,(H2,6,8)(H2,7,9)/b3-2-. The van der Waals surface area contributed by atoms with Gasteiger partial charge in [-0.05, 0) is 6.92 Å². The van der Waals surface area contributed by atoms with Gasteiger partial charge in [0.25, 0.3) is 0 Å². The summed E-state index contributed by atoms with van der Waals surface area (Å²) in [7, 11) is 0. The molecule has 10 heavy (non-hydrogen) atoms. The minimum atomic E-state index is -0.963. The molecule has 0 unspecified atom stereocenters. The third kappa shape index (κ3) is 4.63. The molecule has 56 valence electrons. The quantitative estimate of drug-likeness (QED) is 0.402. The van der Waals surface area contributed by atoms with E-state index in [0.29, 0.717) is 0 Å². The van der Waals surface area contributed by atoms with Crippen LogP contribution in [0.2, 0.25) is 0 Å². The highest BCUT2D eigenvalue weighted by Crippen LogP contribution is 1.92. The van der Waals surface area contributed by atoms with E-state index in [4.69, 9.17) is 5.73 Å². The van der Waals surface area contributed by atoms with E-state index in [1.54, 1.807) is 0 Å². The molecule has 0 aliphatic carbocycles. The summed E-state index contributed by atoms with van der Waals surface area (Å²) >= 11 is 0. The minimum Gasteiger partial charge on any atom is -0.415 e. The van der Waals surface area contributed by atoms with Crippen molar-refractivity contribution in [3.63, 3.8) is 0 Å². The molecule has 0 aromatic rings. The third-order valence-electron chi connectivity index (χ3n) is 0.607. The van der Waals surface area contributed by atoms with Gasteiger partial charge in [0.05, 0.1) is 0 Å². The van der Waals surface area contributed by atoms with Gasteiger partial charge in [-0.1, -0.05) is 0 Å². The molecule has 0 saturated heterocycles. The second-order valence-corrected chi connectivity index (χ2v) is 1.58. The van der Waals surface area contributed by atoms with Crippen LogP contribution in [0.3, 0.4) is 0 Å². The number of amides is 2. The Balaban J connectivity index is 3.95. The summed E-state index contributed by atoms with van der Waals surface area (Å²) in [5.41, 5.74) is 9.34. The third-order valence-corrected chi connectivity index (χ3v) is 0.607. The van der Waals surface area contributed by atoms with Crippen LogP contribution in [0.1, 0.15) is 6.92 Å². The molecule has 0 fully saturated rings. The van der Waals surface area contributed by atoms with Gasteiger partial charge in [-0.15, -0.1) is 0 Å². The lowest BCUT2D eigenvalue weighted by atomic mass is 10.5. The van der Waals surface area contributed by atoms with Crippen molar-refractivity contribution in [3.05, 3.63) is 11.8 Å². The average Bonchev–Trinajstić information content (AvgIpc) is 1.58. The number of nitrogens with two attached hydrogens (primary N) is 2. The first-order chi connectivity index (χ1) is 4.52. The van der Waals surface area contributed by atoms with Gasteiger partial charge in [0.15, 0.2) is 0 Å². The van der Waals surface area contributed by atoms with Crippen molar-refractivity contribution in [2.24, 2.45) is 11.5 Å². The Labute approximate surface area is 57.6 Å². The number of allylic oxidation sites excluding steroid dienone is 1. The van der Waals surface area contributed by atoms with Crippen LogP contribution in [0.5, 0.6) is 0 Å². The van der Waals surface area contributed by atoms with Crippen LogP contribution in [-0.2, 0) is 9.53 Å². The lowest BCUT2D eigenvalue weighted by molar-refractivity contribution is -0.113. The summed E-state index contributed by atoms with van der Waals surface area (Å²) in [6.45, 7) is 1.40. The van der Waals surface area contributed by atoms with Crippen molar-refractivity contribution in [2.75, 3.05) is 0 Å². The van der Waals surface area contributed by atoms with Crippen molar-refractivity contribution in [1.82, 2.24) is 0 Å². The number of hydrogen-bond acceptors (Lipinski definition) is 3. The van der Waals surface area contributed by atoms with E-state index < -0.39 is 12.0 Å². The lowest BCUT2D eigenvalue weighted by Crippen LogP contribution is -2.14. The first kappa shape index (κ1) is 8.48. The van der Waals surface area contributed by atoms with Crippen molar-refractivity contribution in [2.45, 2.75) is 6.92 Å². The molecule has 0 atom stereocenters. The maximum atomic E-state index is 10.1. The first-order valence-electron chi connectivity index (χ1n) is 2.47. The van der Waals surface area contributed by atoms with Crippen LogP contribution >= 0.6 is 0 Å². The van der Waals surface area contributed by atoms with Crippen LogP contribution < -0.4 is 11.5 Å². The van der Waals surface area contributed by atoms with Gasteiger partial charge in [-0.2, -0.15) is 0 Å². The summed E-state index contributed by atoms with van der Waals surface area (Å²) in [4.78, 5) is 20.1. The van der Waals surface area contributed by atoms with Gasteiger partial charge in [-0.3, -0.25) is 4.79 Å². The Kier molecular flexibility index (Phi) is 2.96. The molecule has 5 heteroatoms. The van der Waals surface area contributed by atoms with Crippen LogP contribution in [0.4, 0.5) is 4.79 Å².